The molecule has 1 saturated carbocycles. The molecule has 0 heterocycles. The molecule has 0 aliphatic heterocycles. The molecule has 1 aliphatic rings. The van der Waals surface area contributed by atoms with Gasteiger partial charge in [0, 0.05) is 6.07 Å². The van der Waals surface area contributed by atoms with Crippen LogP contribution in [0.4, 0.5) is 40.8 Å². The summed E-state index contributed by atoms with van der Waals surface area (Å²) >= 11 is 0. The lowest BCUT2D eigenvalue weighted by Gasteiger charge is -2.34. The van der Waals surface area contributed by atoms with Crippen LogP contribution in [0.1, 0.15) is 24.0 Å². The summed E-state index contributed by atoms with van der Waals surface area (Å²) in [5, 5.41) is 11.4. The Hall–Kier alpha value is -3.41. The molecule has 0 radical (unpaired) electrons. The molecule has 0 bridgehead atoms. The van der Waals surface area contributed by atoms with Gasteiger partial charge in [0.15, 0.2) is 9.84 Å². The highest BCUT2D eigenvalue weighted by atomic mass is 32.2. The van der Waals surface area contributed by atoms with E-state index < -0.39 is 86.2 Å². The number of nitriles is 1. The van der Waals surface area contributed by atoms with Crippen LogP contribution in [0.2, 0.25) is 0 Å². The zero-order valence-corrected chi connectivity index (χ0v) is 20.0. The van der Waals surface area contributed by atoms with E-state index in [4.69, 9.17) is 0 Å². The first-order valence-electron chi connectivity index (χ1n) is 10.8. The number of hydrogen-bond acceptors (Lipinski definition) is 5. The highest BCUT2D eigenvalue weighted by Crippen LogP contribution is 2.36. The number of hydrogen-bond donors (Lipinski definition) is 1. The second-order valence-corrected chi connectivity index (χ2v) is 10.9. The first kappa shape index (κ1) is 29.2. The Balaban J connectivity index is 2.06. The topological polar surface area (TPSA) is 90.3 Å². The number of amides is 1. The van der Waals surface area contributed by atoms with Gasteiger partial charge < -0.3 is 10.2 Å². The smallest absolute Gasteiger partial charge is 0.347 e. The van der Waals surface area contributed by atoms with Gasteiger partial charge in [-0.05, 0) is 36.6 Å². The van der Waals surface area contributed by atoms with Gasteiger partial charge in [-0.2, -0.15) is 31.6 Å². The molecule has 1 amide bonds. The lowest BCUT2D eigenvalue weighted by molar-refractivity contribution is -0.138. The molecular weight excluding hydrogens is 550 g/mol. The second-order valence-electron chi connectivity index (χ2n) is 8.75. The largest absolute Gasteiger partial charge is 0.416 e. The fourth-order valence-electron chi connectivity index (χ4n) is 3.75. The van der Waals surface area contributed by atoms with E-state index in [1.54, 1.807) is 6.07 Å². The Bertz CT molecular complexity index is 1350. The number of anilines is 1. The van der Waals surface area contributed by atoms with Crippen LogP contribution in [0.15, 0.2) is 42.5 Å². The van der Waals surface area contributed by atoms with E-state index in [1.807, 2.05) is 0 Å². The van der Waals surface area contributed by atoms with Crippen LogP contribution >= 0.6 is 0 Å². The number of sulfone groups is 1. The minimum atomic E-state index is -5.13. The van der Waals surface area contributed by atoms with Crippen LogP contribution in [0, 0.1) is 23.0 Å². The molecule has 0 spiro atoms. The van der Waals surface area contributed by atoms with Crippen LogP contribution in [-0.4, -0.2) is 44.4 Å². The molecule has 1 fully saturated rings. The SMILES string of the molecule is N#CC1(NC(=O)[C@H](CS(=O)(=O)Cc2ccccc2C(F)(F)F)N(CC(F)(F)F)c2ccc(F)cc2F)CC1. The van der Waals surface area contributed by atoms with Crippen molar-refractivity contribution in [3.8, 4) is 6.07 Å². The van der Waals surface area contributed by atoms with Crippen LogP contribution in [0.5, 0.6) is 0 Å². The average Bonchev–Trinajstić information content (AvgIpc) is 3.55. The number of carbonyl (C=O) groups excluding carboxylic acids is 1. The van der Waals surface area contributed by atoms with Gasteiger partial charge in [0.1, 0.15) is 29.8 Å². The summed E-state index contributed by atoms with van der Waals surface area (Å²) in [6, 6.07) is 4.38. The van der Waals surface area contributed by atoms with Crippen LogP contribution in [-0.2, 0) is 26.6 Å². The molecule has 38 heavy (non-hydrogen) atoms. The van der Waals surface area contributed by atoms with Crippen molar-refractivity contribution in [2.24, 2.45) is 0 Å². The fourth-order valence-corrected chi connectivity index (χ4v) is 5.40. The highest BCUT2D eigenvalue weighted by Gasteiger charge is 2.48. The predicted octanol–water partition coefficient (Wildman–Crippen LogP) is 4.51. The van der Waals surface area contributed by atoms with Crippen LogP contribution in [0.3, 0.4) is 0 Å². The minimum absolute atomic E-state index is 0.0464. The molecule has 2 aromatic carbocycles. The molecule has 1 N–H and O–H groups in total. The molecule has 3 rings (SSSR count). The number of nitrogens with one attached hydrogen (secondary N) is 1. The standard InChI is InChI=1S/C23H19F8N3O3S/c24-15-5-6-18(17(25)9-15)34(13-22(26,27)28)19(20(35)33-21(12-32)7-8-21)11-38(36,37)10-14-3-1-2-4-16(14)23(29,30)31/h1-6,9,19H,7-8,10-11,13H2,(H,33,35)/t19-/m0/s1. The van der Waals surface area contributed by atoms with Gasteiger partial charge in [0.25, 0.3) is 0 Å². The third-order valence-corrected chi connectivity index (χ3v) is 7.26. The van der Waals surface area contributed by atoms with Crippen molar-refractivity contribution in [2.45, 2.75) is 42.5 Å². The fraction of sp³-hybridized carbons (Fsp3) is 0.391. The van der Waals surface area contributed by atoms with Crippen molar-refractivity contribution in [2.75, 3.05) is 17.2 Å². The number of rotatable bonds is 9. The van der Waals surface area contributed by atoms with Gasteiger partial charge in [-0.3, -0.25) is 4.79 Å². The zero-order chi connectivity index (χ0) is 28.5. The van der Waals surface area contributed by atoms with E-state index >= 15 is 0 Å². The maximum absolute atomic E-state index is 14.6. The molecule has 2 aromatic rings. The molecule has 0 unspecified atom stereocenters. The monoisotopic (exact) mass is 569 g/mol. The lowest BCUT2D eigenvalue weighted by atomic mass is 10.1. The van der Waals surface area contributed by atoms with E-state index in [0.717, 1.165) is 18.2 Å². The van der Waals surface area contributed by atoms with Crippen molar-refractivity contribution >= 4 is 21.4 Å². The number of alkyl halides is 6. The second kappa shape index (κ2) is 10.4. The summed E-state index contributed by atoms with van der Waals surface area (Å²) in [6.45, 7) is -2.07. The summed E-state index contributed by atoms with van der Waals surface area (Å²) in [5.74, 6) is -6.89. The van der Waals surface area contributed by atoms with Gasteiger partial charge in [-0.25, -0.2) is 17.2 Å². The Morgan fingerprint density at radius 1 is 1.08 bits per heavy atom. The van der Waals surface area contributed by atoms with Crippen molar-refractivity contribution < 1.29 is 48.3 Å². The molecule has 1 atom stereocenters. The third-order valence-electron chi connectivity index (χ3n) is 5.68. The molecule has 206 valence electrons. The van der Waals surface area contributed by atoms with E-state index in [-0.39, 0.29) is 23.8 Å². The zero-order valence-electron chi connectivity index (χ0n) is 19.2. The quantitative estimate of drug-likeness (QED) is 0.449. The summed E-state index contributed by atoms with van der Waals surface area (Å²) in [6.07, 6.45) is -9.86. The van der Waals surface area contributed by atoms with E-state index in [2.05, 4.69) is 5.32 Å². The first-order chi connectivity index (χ1) is 17.5. The Morgan fingerprint density at radius 2 is 1.71 bits per heavy atom. The molecule has 6 nitrogen and oxygen atoms in total. The Kier molecular flexibility index (Phi) is 7.97. The number of nitrogens with zero attached hydrogens (tertiary/aromatic N) is 2. The van der Waals surface area contributed by atoms with Crippen molar-refractivity contribution in [3.63, 3.8) is 0 Å². The lowest BCUT2D eigenvalue weighted by Crippen LogP contribution is -2.56. The first-order valence-corrected chi connectivity index (χ1v) is 12.6. The Labute approximate surface area is 211 Å². The molecule has 15 heteroatoms. The highest BCUT2D eigenvalue weighted by molar-refractivity contribution is 7.90. The van der Waals surface area contributed by atoms with Gasteiger partial charge in [0.05, 0.1) is 28.8 Å². The van der Waals surface area contributed by atoms with Gasteiger partial charge >= 0.3 is 12.4 Å². The molecule has 0 aromatic heterocycles. The van der Waals surface area contributed by atoms with Crippen LogP contribution in [0.25, 0.3) is 0 Å². The van der Waals surface area contributed by atoms with Crippen molar-refractivity contribution in [1.82, 2.24) is 5.32 Å². The summed E-state index contributed by atoms with van der Waals surface area (Å²) in [7, 11) is -4.78. The van der Waals surface area contributed by atoms with Gasteiger partial charge in [-0.15, -0.1) is 0 Å². The molecule has 1 aliphatic carbocycles. The van der Waals surface area contributed by atoms with E-state index in [9.17, 15) is 53.6 Å². The maximum Gasteiger partial charge on any atom is 0.416 e. The van der Waals surface area contributed by atoms with E-state index in [1.165, 1.54) is 0 Å². The van der Waals surface area contributed by atoms with Crippen molar-refractivity contribution in [3.05, 3.63) is 65.2 Å². The average molecular weight is 569 g/mol. The maximum atomic E-state index is 14.6. The third kappa shape index (κ3) is 7.33. The number of benzene rings is 2. The number of halogens is 8. The summed E-state index contributed by atoms with van der Waals surface area (Å²) in [4.78, 5) is 13.1. The van der Waals surface area contributed by atoms with Crippen molar-refractivity contribution in [1.29, 1.82) is 5.26 Å². The van der Waals surface area contributed by atoms with Crippen LogP contribution < -0.4 is 10.2 Å². The summed E-state index contributed by atoms with van der Waals surface area (Å²) in [5.41, 5.74) is -4.47. The van der Waals surface area contributed by atoms with Gasteiger partial charge in [-0.1, -0.05) is 18.2 Å². The number of carbonyl (C=O) groups is 1. The predicted molar refractivity (Wildman–Crippen MR) is 118 cm³/mol. The molecule has 0 saturated heterocycles. The minimum Gasteiger partial charge on any atom is -0.347 e. The normalized spacial score (nSPS) is 15.9. The van der Waals surface area contributed by atoms with E-state index in [0.29, 0.717) is 18.2 Å². The summed E-state index contributed by atoms with van der Waals surface area (Å²) < 4.78 is 135. The van der Waals surface area contributed by atoms with Gasteiger partial charge in [0.2, 0.25) is 5.91 Å². The Morgan fingerprint density at radius 3 is 2.24 bits per heavy atom. The molecular formula is C23H19F8N3O3S.